The topological polar surface area (TPSA) is 67.4 Å². The molecule has 166 valence electrons. The molecule has 0 saturated carbocycles. The molecule has 8 heteroatoms. The fourth-order valence-corrected chi connectivity index (χ4v) is 3.50. The fourth-order valence-electron chi connectivity index (χ4n) is 3.50. The molecule has 1 aliphatic heterocycles. The van der Waals surface area contributed by atoms with Gasteiger partial charge in [-0.25, -0.2) is 0 Å². The normalized spacial score (nSPS) is 14.7. The predicted molar refractivity (Wildman–Crippen MR) is 131 cm³/mol. The van der Waals surface area contributed by atoms with E-state index in [9.17, 15) is 0 Å². The Bertz CT molecular complexity index is 597. The van der Waals surface area contributed by atoms with Gasteiger partial charge >= 0.3 is 0 Å². The highest BCUT2D eigenvalue weighted by molar-refractivity contribution is 14.0. The molecule has 7 nitrogen and oxygen atoms in total. The number of rotatable bonds is 10. The van der Waals surface area contributed by atoms with Crippen LogP contribution in [0.4, 0.5) is 5.69 Å². The third kappa shape index (κ3) is 8.46. The first-order chi connectivity index (χ1) is 13.7. The van der Waals surface area contributed by atoms with Gasteiger partial charge in [-0.15, -0.1) is 24.0 Å². The fraction of sp³-hybridized carbons (Fsp3) is 0.667. The summed E-state index contributed by atoms with van der Waals surface area (Å²) in [5, 5.41) is 6.66. The number of likely N-dealkylation sites (tertiary alicyclic amines) is 1. The molecular formula is C21H37IN4O3. The van der Waals surface area contributed by atoms with Crippen molar-refractivity contribution in [1.29, 1.82) is 0 Å². The maximum absolute atomic E-state index is 5.40. The maximum Gasteiger partial charge on any atom is 0.203 e. The van der Waals surface area contributed by atoms with Crippen molar-refractivity contribution in [3.05, 3.63) is 12.1 Å². The monoisotopic (exact) mass is 520 g/mol. The van der Waals surface area contributed by atoms with Gasteiger partial charge in [0, 0.05) is 31.4 Å². The second-order valence-corrected chi connectivity index (χ2v) is 7.00. The molecule has 0 spiro atoms. The Kier molecular flexibility index (Phi) is 12.8. The first-order valence-corrected chi connectivity index (χ1v) is 10.2. The van der Waals surface area contributed by atoms with E-state index in [4.69, 9.17) is 14.2 Å². The zero-order chi connectivity index (χ0) is 20.2. The lowest BCUT2D eigenvalue weighted by Crippen LogP contribution is -2.32. The van der Waals surface area contributed by atoms with Crippen molar-refractivity contribution in [2.24, 2.45) is 4.99 Å². The molecule has 29 heavy (non-hydrogen) atoms. The van der Waals surface area contributed by atoms with Crippen LogP contribution in [0.15, 0.2) is 17.1 Å². The maximum atomic E-state index is 5.40. The van der Waals surface area contributed by atoms with Gasteiger partial charge < -0.3 is 29.7 Å². The standard InChI is InChI=1S/C21H36N4O3.HI/c1-22-21(23-11-7-5-8-12-25-13-9-6-10-14-25)24-17-15-18(26-2)20(28-4)19(16-17)27-3;/h15-16H,5-14H2,1-4H3,(H2,22,23,24);1H. The Balaban J connectivity index is 0.00000420. The van der Waals surface area contributed by atoms with Gasteiger partial charge in [0.05, 0.1) is 21.3 Å². The summed E-state index contributed by atoms with van der Waals surface area (Å²) in [6, 6.07) is 3.74. The Morgan fingerprint density at radius 3 is 2.17 bits per heavy atom. The van der Waals surface area contributed by atoms with Gasteiger partial charge in [0.2, 0.25) is 5.75 Å². The molecule has 1 heterocycles. The van der Waals surface area contributed by atoms with Crippen molar-refractivity contribution in [3.63, 3.8) is 0 Å². The third-order valence-electron chi connectivity index (χ3n) is 5.04. The SMILES string of the molecule is CN=C(NCCCCCN1CCCCC1)Nc1cc(OC)c(OC)c(OC)c1.I. The van der Waals surface area contributed by atoms with E-state index in [1.165, 1.54) is 51.7 Å². The minimum Gasteiger partial charge on any atom is -0.493 e. The van der Waals surface area contributed by atoms with E-state index in [0.717, 1.165) is 24.6 Å². The number of methoxy groups -OCH3 is 3. The van der Waals surface area contributed by atoms with Gasteiger partial charge in [0.15, 0.2) is 17.5 Å². The van der Waals surface area contributed by atoms with E-state index in [0.29, 0.717) is 17.2 Å². The van der Waals surface area contributed by atoms with Crippen molar-refractivity contribution in [2.75, 3.05) is 59.9 Å². The largest absolute Gasteiger partial charge is 0.493 e. The number of anilines is 1. The molecule has 0 amide bonds. The summed E-state index contributed by atoms with van der Waals surface area (Å²) in [4.78, 5) is 6.90. The summed E-state index contributed by atoms with van der Waals surface area (Å²) >= 11 is 0. The summed E-state index contributed by atoms with van der Waals surface area (Å²) in [6.07, 6.45) is 7.75. The minimum absolute atomic E-state index is 0. The predicted octanol–water partition coefficient (Wildman–Crippen LogP) is 3.97. The number of halogens is 1. The van der Waals surface area contributed by atoms with Crippen LogP contribution in [0.1, 0.15) is 38.5 Å². The van der Waals surface area contributed by atoms with Crippen LogP contribution < -0.4 is 24.8 Å². The van der Waals surface area contributed by atoms with Crippen LogP contribution in [-0.4, -0.2) is 65.4 Å². The van der Waals surface area contributed by atoms with E-state index in [-0.39, 0.29) is 24.0 Å². The van der Waals surface area contributed by atoms with Gasteiger partial charge in [0.1, 0.15) is 0 Å². The Hall–Kier alpha value is -1.42. The highest BCUT2D eigenvalue weighted by atomic mass is 127. The molecule has 1 aromatic carbocycles. The van der Waals surface area contributed by atoms with Crippen LogP contribution in [0.3, 0.4) is 0 Å². The minimum atomic E-state index is 0. The lowest BCUT2D eigenvalue weighted by atomic mass is 10.1. The first-order valence-electron chi connectivity index (χ1n) is 10.2. The summed E-state index contributed by atoms with van der Waals surface area (Å²) in [7, 11) is 6.58. The molecule has 1 saturated heterocycles. The number of hydrogen-bond donors (Lipinski definition) is 2. The van der Waals surface area contributed by atoms with Gasteiger partial charge in [-0.1, -0.05) is 12.8 Å². The molecule has 1 aliphatic rings. The molecule has 2 N–H and O–H groups in total. The molecule has 0 aliphatic carbocycles. The molecule has 1 fully saturated rings. The van der Waals surface area contributed by atoms with E-state index < -0.39 is 0 Å². The Morgan fingerprint density at radius 2 is 1.62 bits per heavy atom. The smallest absolute Gasteiger partial charge is 0.203 e. The number of guanidine groups is 1. The summed E-state index contributed by atoms with van der Waals surface area (Å²) in [6.45, 7) is 4.69. The van der Waals surface area contributed by atoms with Crippen molar-refractivity contribution < 1.29 is 14.2 Å². The lowest BCUT2D eigenvalue weighted by Gasteiger charge is -2.26. The summed E-state index contributed by atoms with van der Waals surface area (Å²) in [5.41, 5.74) is 0.827. The number of unbranched alkanes of at least 4 members (excludes halogenated alkanes) is 2. The first kappa shape index (κ1) is 25.6. The number of nitrogens with zero attached hydrogens (tertiary/aromatic N) is 2. The van der Waals surface area contributed by atoms with Crippen molar-refractivity contribution >= 4 is 35.6 Å². The van der Waals surface area contributed by atoms with Crippen LogP contribution in [0.5, 0.6) is 17.2 Å². The van der Waals surface area contributed by atoms with Crippen LogP contribution in [0, 0.1) is 0 Å². The number of ether oxygens (including phenoxy) is 3. The number of hydrogen-bond acceptors (Lipinski definition) is 5. The van der Waals surface area contributed by atoms with E-state index in [1.807, 2.05) is 12.1 Å². The van der Waals surface area contributed by atoms with Gasteiger partial charge in [-0.05, 0) is 45.3 Å². The lowest BCUT2D eigenvalue weighted by molar-refractivity contribution is 0.224. The van der Waals surface area contributed by atoms with E-state index >= 15 is 0 Å². The number of aliphatic imine (C=N–C) groups is 1. The second kappa shape index (κ2) is 14.5. The van der Waals surface area contributed by atoms with Crippen LogP contribution in [0.25, 0.3) is 0 Å². The molecule has 2 rings (SSSR count). The molecule has 0 bridgehead atoms. The van der Waals surface area contributed by atoms with Gasteiger partial charge in [-0.2, -0.15) is 0 Å². The summed E-state index contributed by atoms with van der Waals surface area (Å²) in [5.74, 6) is 2.52. The Morgan fingerprint density at radius 1 is 0.966 bits per heavy atom. The van der Waals surface area contributed by atoms with Crippen LogP contribution in [-0.2, 0) is 0 Å². The quantitative estimate of drug-likeness (QED) is 0.211. The van der Waals surface area contributed by atoms with Crippen LogP contribution in [0.2, 0.25) is 0 Å². The number of piperidine rings is 1. The molecule has 0 unspecified atom stereocenters. The van der Waals surface area contributed by atoms with E-state index in [2.05, 4.69) is 20.5 Å². The van der Waals surface area contributed by atoms with E-state index in [1.54, 1.807) is 28.4 Å². The molecule has 0 aromatic heterocycles. The van der Waals surface area contributed by atoms with Crippen molar-refractivity contribution in [1.82, 2.24) is 10.2 Å². The van der Waals surface area contributed by atoms with Gasteiger partial charge in [0.25, 0.3) is 0 Å². The number of nitrogens with one attached hydrogen (secondary N) is 2. The molecular weight excluding hydrogens is 483 g/mol. The van der Waals surface area contributed by atoms with Gasteiger partial charge in [-0.3, -0.25) is 4.99 Å². The average molecular weight is 520 g/mol. The molecule has 0 atom stereocenters. The van der Waals surface area contributed by atoms with Crippen molar-refractivity contribution in [3.8, 4) is 17.2 Å². The van der Waals surface area contributed by atoms with Crippen molar-refractivity contribution in [2.45, 2.75) is 38.5 Å². The average Bonchev–Trinajstić information content (AvgIpc) is 2.75. The van der Waals surface area contributed by atoms with Crippen LogP contribution >= 0.6 is 24.0 Å². The highest BCUT2D eigenvalue weighted by Gasteiger charge is 2.14. The third-order valence-corrected chi connectivity index (χ3v) is 5.04. The highest BCUT2D eigenvalue weighted by Crippen LogP contribution is 2.39. The Labute approximate surface area is 192 Å². The zero-order valence-corrected chi connectivity index (χ0v) is 20.6. The number of benzene rings is 1. The second-order valence-electron chi connectivity index (χ2n) is 7.00. The zero-order valence-electron chi connectivity index (χ0n) is 18.3. The molecule has 1 aromatic rings. The molecule has 0 radical (unpaired) electrons. The summed E-state index contributed by atoms with van der Waals surface area (Å²) < 4.78 is 16.2.